The van der Waals surface area contributed by atoms with Gasteiger partial charge < -0.3 is 10.6 Å². The zero-order chi connectivity index (χ0) is 14.7. The third-order valence-electron chi connectivity index (χ3n) is 4.30. The average molecular weight is 362 g/mol. The van der Waals surface area contributed by atoms with E-state index in [-0.39, 0.29) is 18.3 Å². The van der Waals surface area contributed by atoms with Crippen LogP contribution < -0.4 is 10.6 Å². The second-order valence-corrected chi connectivity index (χ2v) is 8.12. The molecule has 0 aromatic carbocycles. The van der Waals surface area contributed by atoms with Gasteiger partial charge in [-0.3, -0.25) is 4.79 Å². The molecule has 2 N–H and O–H groups in total. The number of aromatic nitrogens is 1. The average Bonchev–Trinajstić information content (AvgIpc) is 2.89. The number of thiazole rings is 1. The Kier molecular flexibility index (Phi) is 6.99. The number of hydrogen-bond donors (Lipinski definition) is 2. The lowest BCUT2D eigenvalue weighted by Crippen LogP contribution is -2.39. The van der Waals surface area contributed by atoms with Gasteiger partial charge in [-0.1, -0.05) is 13.3 Å². The van der Waals surface area contributed by atoms with Crippen molar-refractivity contribution >= 4 is 46.5 Å². The van der Waals surface area contributed by atoms with Crippen LogP contribution in [0.15, 0.2) is 0 Å². The van der Waals surface area contributed by atoms with Gasteiger partial charge in [-0.05, 0) is 25.2 Å². The third kappa shape index (κ3) is 4.60. The number of nitrogens with one attached hydrogen (secondary N) is 2. The molecule has 3 rings (SSSR count). The summed E-state index contributed by atoms with van der Waals surface area (Å²) in [4.78, 5) is 18.1. The number of anilines is 1. The molecule has 2 heterocycles. The molecule has 22 heavy (non-hydrogen) atoms. The number of nitrogens with zero attached hydrogens (tertiary/aromatic N) is 1. The second kappa shape index (κ2) is 8.52. The topological polar surface area (TPSA) is 54.0 Å². The molecule has 2 atom stereocenters. The summed E-state index contributed by atoms with van der Waals surface area (Å²) < 4.78 is 0. The van der Waals surface area contributed by atoms with Crippen molar-refractivity contribution in [2.75, 3.05) is 23.4 Å². The molecule has 1 saturated heterocycles. The predicted octanol–water partition coefficient (Wildman–Crippen LogP) is 3.11. The molecule has 124 valence electrons. The van der Waals surface area contributed by atoms with Crippen LogP contribution in [0, 0.1) is 5.92 Å². The van der Waals surface area contributed by atoms with Crippen LogP contribution in [0.5, 0.6) is 0 Å². The van der Waals surface area contributed by atoms with Crippen LogP contribution in [-0.4, -0.2) is 35.0 Å². The van der Waals surface area contributed by atoms with Crippen LogP contribution in [0.25, 0.3) is 0 Å². The minimum atomic E-state index is 0. The highest BCUT2D eigenvalue weighted by Gasteiger charge is 2.23. The fraction of sp³-hybridized carbons (Fsp3) is 0.733. The molecule has 1 aromatic heterocycles. The largest absolute Gasteiger partial charge is 0.312 e. The van der Waals surface area contributed by atoms with Crippen LogP contribution in [0.3, 0.4) is 0 Å². The first kappa shape index (κ1) is 18.0. The normalized spacial score (nSPS) is 24.2. The summed E-state index contributed by atoms with van der Waals surface area (Å²) in [7, 11) is 0. The Morgan fingerprint density at radius 2 is 2.36 bits per heavy atom. The first-order valence-corrected chi connectivity index (χ1v) is 9.81. The Morgan fingerprint density at radius 1 is 1.50 bits per heavy atom. The standard InChI is InChI=1S/C15H23N3OS2.ClH/c1-2-10-3-4-12-13(7-10)21-15(17-12)18-14(19)8-11-9-20-6-5-16-11;/h10-11,16H,2-9H2,1H3,(H,17,18,19);1H. The minimum absolute atomic E-state index is 0. The van der Waals surface area contributed by atoms with Crippen molar-refractivity contribution in [1.29, 1.82) is 0 Å². The highest BCUT2D eigenvalue weighted by molar-refractivity contribution is 7.99. The molecule has 0 radical (unpaired) electrons. The van der Waals surface area contributed by atoms with Crippen molar-refractivity contribution in [2.45, 2.75) is 45.1 Å². The molecule has 0 bridgehead atoms. The monoisotopic (exact) mass is 361 g/mol. The summed E-state index contributed by atoms with van der Waals surface area (Å²) in [5.74, 6) is 3.06. The number of fused-ring (bicyclic) bond motifs is 1. The van der Waals surface area contributed by atoms with Gasteiger partial charge in [-0.15, -0.1) is 23.7 Å². The molecule has 0 saturated carbocycles. The number of rotatable bonds is 4. The molecular weight excluding hydrogens is 338 g/mol. The number of carbonyl (C=O) groups excluding carboxylic acids is 1. The molecule has 4 nitrogen and oxygen atoms in total. The minimum Gasteiger partial charge on any atom is -0.312 e. The highest BCUT2D eigenvalue weighted by Crippen LogP contribution is 2.33. The molecule has 7 heteroatoms. The maximum Gasteiger partial charge on any atom is 0.227 e. The Bertz CT molecular complexity index is 503. The van der Waals surface area contributed by atoms with Gasteiger partial charge >= 0.3 is 0 Å². The first-order chi connectivity index (χ1) is 10.2. The maximum atomic E-state index is 12.1. The van der Waals surface area contributed by atoms with Crippen LogP contribution in [0.1, 0.15) is 36.8 Å². The van der Waals surface area contributed by atoms with Crippen molar-refractivity contribution < 1.29 is 4.79 Å². The summed E-state index contributed by atoms with van der Waals surface area (Å²) >= 11 is 3.60. The van der Waals surface area contributed by atoms with Gasteiger partial charge in [0, 0.05) is 35.4 Å². The van der Waals surface area contributed by atoms with Gasteiger partial charge in [0.05, 0.1) is 5.69 Å². The SMILES string of the molecule is CCC1CCc2nc(NC(=O)CC3CSCCN3)sc2C1.Cl. The van der Waals surface area contributed by atoms with Gasteiger partial charge in [0.15, 0.2) is 5.13 Å². The molecule has 1 fully saturated rings. The molecule has 1 aromatic rings. The molecular formula is C15H24ClN3OS2. The third-order valence-corrected chi connectivity index (χ3v) is 6.46. The van der Waals surface area contributed by atoms with Crippen molar-refractivity contribution in [3.8, 4) is 0 Å². The zero-order valence-electron chi connectivity index (χ0n) is 12.9. The number of thioether (sulfide) groups is 1. The van der Waals surface area contributed by atoms with Gasteiger partial charge in [-0.25, -0.2) is 4.98 Å². The number of amides is 1. The smallest absolute Gasteiger partial charge is 0.227 e. The summed E-state index contributed by atoms with van der Waals surface area (Å²) in [6, 6.07) is 0.308. The van der Waals surface area contributed by atoms with Crippen LogP contribution in [-0.2, 0) is 17.6 Å². The summed E-state index contributed by atoms with van der Waals surface area (Å²) in [5.41, 5.74) is 1.21. The fourth-order valence-corrected chi connectivity index (χ4v) is 5.08. The van der Waals surface area contributed by atoms with E-state index in [0.29, 0.717) is 12.5 Å². The van der Waals surface area contributed by atoms with Crippen LogP contribution in [0.2, 0.25) is 0 Å². The van der Waals surface area contributed by atoms with E-state index >= 15 is 0 Å². The van der Waals surface area contributed by atoms with E-state index in [9.17, 15) is 4.79 Å². The fourth-order valence-electron chi connectivity index (χ4n) is 2.99. The maximum absolute atomic E-state index is 12.1. The molecule has 0 spiro atoms. The highest BCUT2D eigenvalue weighted by atomic mass is 35.5. The van der Waals surface area contributed by atoms with Crippen molar-refractivity contribution in [3.05, 3.63) is 10.6 Å². The zero-order valence-corrected chi connectivity index (χ0v) is 15.3. The lowest BCUT2D eigenvalue weighted by Gasteiger charge is -2.22. The summed E-state index contributed by atoms with van der Waals surface area (Å²) in [6.45, 7) is 3.27. The van der Waals surface area contributed by atoms with Crippen LogP contribution in [0.4, 0.5) is 5.13 Å². The van der Waals surface area contributed by atoms with Gasteiger partial charge in [0.25, 0.3) is 0 Å². The van der Waals surface area contributed by atoms with E-state index in [1.165, 1.54) is 23.4 Å². The number of aryl methyl sites for hydroxylation is 1. The van der Waals surface area contributed by atoms with E-state index in [0.717, 1.165) is 41.9 Å². The number of carbonyl (C=O) groups is 1. The van der Waals surface area contributed by atoms with Crippen molar-refractivity contribution in [2.24, 2.45) is 5.92 Å². The predicted molar refractivity (Wildman–Crippen MR) is 97.5 cm³/mol. The van der Waals surface area contributed by atoms with Gasteiger partial charge in [-0.2, -0.15) is 11.8 Å². The van der Waals surface area contributed by atoms with E-state index < -0.39 is 0 Å². The van der Waals surface area contributed by atoms with Crippen LogP contribution >= 0.6 is 35.5 Å². The van der Waals surface area contributed by atoms with Gasteiger partial charge in [0.2, 0.25) is 5.91 Å². The Morgan fingerprint density at radius 3 is 3.09 bits per heavy atom. The lowest BCUT2D eigenvalue weighted by molar-refractivity contribution is -0.116. The van der Waals surface area contributed by atoms with E-state index in [1.54, 1.807) is 11.3 Å². The molecule has 2 unspecified atom stereocenters. The van der Waals surface area contributed by atoms with E-state index in [1.807, 2.05) is 11.8 Å². The first-order valence-electron chi connectivity index (χ1n) is 7.84. The molecule has 1 aliphatic carbocycles. The Hall–Kier alpha value is -0.300. The second-order valence-electron chi connectivity index (χ2n) is 5.88. The molecule has 1 amide bonds. The number of hydrogen-bond acceptors (Lipinski definition) is 5. The quantitative estimate of drug-likeness (QED) is 0.865. The Labute approximate surface area is 146 Å². The lowest BCUT2D eigenvalue weighted by atomic mass is 9.89. The Balaban J connectivity index is 0.00000176. The van der Waals surface area contributed by atoms with Gasteiger partial charge in [0.1, 0.15) is 0 Å². The molecule has 1 aliphatic heterocycles. The van der Waals surface area contributed by atoms with E-state index in [2.05, 4.69) is 22.5 Å². The van der Waals surface area contributed by atoms with Crippen molar-refractivity contribution in [1.82, 2.24) is 10.3 Å². The summed E-state index contributed by atoms with van der Waals surface area (Å²) in [5, 5.41) is 7.19. The van der Waals surface area contributed by atoms with Crippen molar-refractivity contribution in [3.63, 3.8) is 0 Å². The molecule has 2 aliphatic rings. The summed E-state index contributed by atoms with van der Waals surface area (Å²) in [6.07, 6.45) is 5.24. The van der Waals surface area contributed by atoms with E-state index in [4.69, 9.17) is 0 Å². The number of halogens is 1.